The molecule has 3 aromatic carbocycles. The summed E-state index contributed by atoms with van der Waals surface area (Å²) in [5.41, 5.74) is 1.35. The molecule has 0 aromatic heterocycles. The number of thiocarbonyl (C=S) groups is 1. The number of fused-ring (bicyclic) bond motifs is 1. The molecule has 0 aliphatic heterocycles. The number of carbonyl (C=O) groups is 1. The normalized spacial score (nSPS) is 10.3. The zero-order chi connectivity index (χ0) is 16.2. The minimum atomic E-state index is -0.242. The summed E-state index contributed by atoms with van der Waals surface area (Å²) in [5, 5.41) is 8.44. The third-order valence-electron chi connectivity index (χ3n) is 3.36. The van der Waals surface area contributed by atoms with E-state index < -0.39 is 0 Å². The van der Waals surface area contributed by atoms with E-state index in [1.54, 1.807) is 30.3 Å². The lowest BCUT2D eigenvalue weighted by Crippen LogP contribution is -2.34. The zero-order valence-corrected chi connectivity index (χ0v) is 13.6. The SMILES string of the molecule is O=C(NC(=S)Nc1ccc(Cl)cc1)c1cccc2ccccc12. The first kappa shape index (κ1) is 15.5. The van der Waals surface area contributed by atoms with Crippen molar-refractivity contribution >= 4 is 51.3 Å². The van der Waals surface area contributed by atoms with Crippen molar-refractivity contribution in [2.24, 2.45) is 0 Å². The van der Waals surface area contributed by atoms with Gasteiger partial charge in [-0.1, -0.05) is 48.0 Å². The zero-order valence-electron chi connectivity index (χ0n) is 12.0. The summed E-state index contributed by atoms with van der Waals surface area (Å²) >= 11 is 11.0. The van der Waals surface area contributed by atoms with Crippen LogP contribution in [0.1, 0.15) is 10.4 Å². The fourth-order valence-electron chi connectivity index (χ4n) is 2.29. The molecule has 0 heterocycles. The van der Waals surface area contributed by atoms with E-state index in [4.69, 9.17) is 23.8 Å². The highest BCUT2D eigenvalue weighted by atomic mass is 35.5. The quantitative estimate of drug-likeness (QED) is 0.669. The highest BCUT2D eigenvalue weighted by molar-refractivity contribution is 7.80. The number of hydrogen-bond acceptors (Lipinski definition) is 2. The van der Waals surface area contributed by atoms with Gasteiger partial charge < -0.3 is 5.32 Å². The molecule has 0 fully saturated rings. The van der Waals surface area contributed by atoms with Crippen LogP contribution >= 0.6 is 23.8 Å². The second-order valence-corrected chi connectivity index (χ2v) is 5.79. The van der Waals surface area contributed by atoms with Crippen LogP contribution in [0.2, 0.25) is 5.02 Å². The Bertz CT molecular complexity index is 872. The molecule has 0 aliphatic carbocycles. The Morgan fingerprint density at radius 2 is 1.61 bits per heavy atom. The third kappa shape index (κ3) is 3.67. The van der Waals surface area contributed by atoms with E-state index in [1.165, 1.54) is 0 Å². The Morgan fingerprint density at radius 1 is 0.913 bits per heavy atom. The number of benzene rings is 3. The molecule has 114 valence electrons. The molecule has 2 N–H and O–H groups in total. The molecule has 0 spiro atoms. The summed E-state index contributed by atoms with van der Waals surface area (Å²) in [6, 6.07) is 20.4. The van der Waals surface area contributed by atoms with Gasteiger partial charge in [-0.3, -0.25) is 10.1 Å². The van der Waals surface area contributed by atoms with Crippen molar-refractivity contribution in [3.8, 4) is 0 Å². The van der Waals surface area contributed by atoms with E-state index in [0.29, 0.717) is 10.6 Å². The number of amides is 1. The summed E-state index contributed by atoms with van der Waals surface area (Å²) in [4.78, 5) is 12.5. The first-order valence-corrected chi connectivity index (χ1v) is 7.78. The van der Waals surface area contributed by atoms with E-state index in [1.807, 2.05) is 36.4 Å². The van der Waals surface area contributed by atoms with Crippen LogP contribution in [-0.2, 0) is 0 Å². The minimum Gasteiger partial charge on any atom is -0.332 e. The molecule has 0 radical (unpaired) electrons. The van der Waals surface area contributed by atoms with Crippen molar-refractivity contribution in [3.05, 3.63) is 77.3 Å². The first-order valence-electron chi connectivity index (χ1n) is 6.99. The van der Waals surface area contributed by atoms with E-state index in [0.717, 1.165) is 16.5 Å². The molecule has 0 saturated heterocycles. The number of anilines is 1. The van der Waals surface area contributed by atoms with Gasteiger partial charge in [-0.2, -0.15) is 0 Å². The predicted octanol–water partition coefficient (Wildman–Crippen LogP) is 4.62. The van der Waals surface area contributed by atoms with Gasteiger partial charge in [0.2, 0.25) is 0 Å². The Morgan fingerprint density at radius 3 is 2.39 bits per heavy atom. The Balaban J connectivity index is 1.75. The maximum Gasteiger partial charge on any atom is 0.258 e. The van der Waals surface area contributed by atoms with Crippen molar-refractivity contribution in [2.75, 3.05) is 5.32 Å². The second kappa shape index (κ2) is 6.77. The van der Waals surface area contributed by atoms with Crippen LogP contribution in [0.3, 0.4) is 0 Å². The van der Waals surface area contributed by atoms with Crippen LogP contribution in [-0.4, -0.2) is 11.0 Å². The first-order chi connectivity index (χ1) is 11.1. The largest absolute Gasteiger partial charge is 0.332 e. The van der Waals surface area contributed by atoms with Crippen LogP contribution in [0.4, 0.5) is 5.69 Å². The molecule has 23 heavy (non-hydrogen) atoms. The number of hydrogen-bond donors (Lipinski definition) is 2. The molecule has 3 rings (SSSR count). The highest BCUT2D eigenvalue weighted by Gasteiger charge is 2.11. The maximum absolute atomic E-state index is 12.5. The van der Waals surface area contributed by atoms with Crippen molar-refractivity contribution in [3.63, 3.8) is 0 Å². The number of carbonyl (C=O) groups excluding carboxylic acids is 1. The summed E-state index contributed by atoms with van der Waals surface area (Å²) in [5.74, 6) is -0.242. The molecular formula is C18H13ClN2OS. The van der Waals surface area contributed by atoms with Gasteiger partial charge in [-0.15, -0.1) is 0 Å². The van der Waals surface area contributed by atoms with Gasteiger partial charge in [0.05, 0.1) is 0 Å². The summed E-state index contributed by atoms with van der Waals surface area (Å²) in [7, 11) is 0. The molecule has 3 aromatic rings. The van der Waals surface area contributed by atoms with Gasteiger partial charge in [0.15, 0.2) is 5.11 Å². The highest BCUT2D eigenvalue weighted by Crippen LogP contribution is 2.18. The van der Waals surface area contributed by atoms with Crippen molar-refractivity contribution in [1.29, 1.82) is 0 Å². The molecule has 0 bridgehead atoms. The van der Waals surface area contributed by atoms with Gasteiger partial charge in [-0.05, 0) is 53.3 Å². The molecule has 0 unspecified atom stereocenters. The predicted molar refractivity (Wildman–Crippen MR) is 99.1 cm³/mol. The van der Waals surface area contributed by atoms with E-state index in [-0.39, 0.29) is 11.0 Å². The number of halogens is 1. The Kier molecular flexibility index (Phi) is 4.55. The van der Waals surface area contributed by atoms with Gasteiger partial charge >= 0.3 is 0 Å². The number of rotatable bonds is 2. The van der Waals surface area contributed by atoms with Gasteiger partial charge in [0.1, 0.15) is 0 Å². The molecule has 5 heteroatoms. The van der Waals surface area contributed by atoms with Crippen LogP contribution in [0.15, 0.2) is 66.7 Å². The van der Waals surface area contributed by atoms with Crippen molar-refractivity contribution < 1.29 is 4.79 Å². The fraction of sp³-hybridized carbons (Fsp3) is 0. The van der Waals surface area contributed by atoms with Crippen LogP contribution < -0.4 is 10.6 Å². The van der Waals surface area contributed by atoms with Gasteiger partial charge in [0.25, 0.3) is 5.91 Å². The Hall–Kier alpha value is -2.43. The lowest BCUT2D eigenvalue weighted by atomic mass is 10.0. The van der Waals surface area contributed by atoms with E-state index >= 15 is 0 Å². The summed E-state index contributed by atoms with van der Waals surface area (Å²) < 4.78 is 0. The van der Waals surface area contributed by atoms with E-state index in [2.05, 4.69) is 10.6 Å². The number of nitrogens with one attached hydrogen (secondary N) is 2. The minimum absolute atomic E-state index is 0.241. The van der Waals surface area contributed by atoms with Crippen molar-refractivity contribution in [1.82, 2.24) is 5.32 Å². The second-order valence-electron chi connectivity index (χ2n) is 4.94. The molecule has 0 aliphatic rings. The molecular weight excluding hydrogens is 328 g/mol. The standard InChI is InChI=1S/C18H13ClN2OS/c19-13-8-10-14(11-9-13)20-18(23)21-17(22)16-7-3-5-12-4-1-2-6-15(12)16/h1-11H,(H2,20,21,22,23). The lowest BCUT2D eigenvalue weighted by molar-refractivity contribution is 0.0979. The van der Waals surface area contributed by atoms with Crippen molar-refractivity contribution in [2.45, 2.75) is 0 Å². The fourth-order valence-corrected chi connectivity index (χ4v) is 2.63. The van der Waals surface area contributed by atoms with E-state index in [9.17, 15) is 4.79 Å². The molecule has 1 amide bonds. The monoisotopic (exact) mass is 340 g/mol. The van der Waals surface area contributed by atoms with Crippen LogP contribution in [0.5, 0.6) is 0 Å². The Labute approximate surface area is 144 Å². The third-order valence-corrected chi connectivity index (χ3v) is 3.82. The van der Waals surface area contributed by atoms with Crippen LogP contribution in [0.25, 0.3) is 10.8 Å². The van der Waals surface area contributed by atoms with Gasteiger partial charge in [-0.25, -0.2) is 0 Å². The average molecular weight is 341 g/mol. The van der Waals surface area contributed by atoms with Crippen LogP contribution in [0, 0.1) is 0 Å². The molecule has 0 atom stereocenters. The summed E-state index contributed by atoms with van der Waals surface area (Å²) in [6.45, 7) is 0. The van der Waals surface area contributed by atoms with Gasteiger partial charge in [0, 0.05) is 16.3 Å². The molecule has 0 saturated carbocycles. The maximum atomic E-state index is 12.5. The summed E-state index contributed by atoms with van der Waals surface area (Å²) in [6.07, 6.45) is 0. The topological polar surface area (TPSA) is 41.1 Å². The average Bonchev–Trinajstić information content (AvgIpc) is 2.56. The lowest BCUT2D eigenvalue weighted by Gasteiger charge is -2.11. The molecule has 3 nitrogen and oxygen atoms in total. The smallest absolute Gasteiger partial charge is 0.258 e.